The van der Waals surface area contributed by atoms with Crippen LogP contribution in [0.4, 0.5) is 0 Å². The Balaban J connectivity index is 2.28. The maximum absolute atomic E-state index is 9.96. The molecule has 5 heteroatoms. The molecule has 0 radical (unpaired) electrons. The van der Waals surface area contributed by atoms with Crippen LogP contribution >= 0.6 is 0 Å². The van der Waals surface area contributed by atoms with Crippen molar-refractivity contribution in [3.05, 3.63) is 29.8 Å². The SMILES string of the molecule is COCCOCCOc1ccc(C(O)CN(C)C)cc1. The number of likely N-dealkylation sites (N-methyl/N-ethyl adjacent to an activating group) is 1. The molecule has 0 aromatic heterocycles. The lowest BCUT2D eigenvalue weighted by Crippen LogP contribution is -2.19. The summed E-state index contributed by atoms with van der Waals surface area (Å²) in [6.45, 7) is 2.82. The summed E-state index contributed by atoms with van der Waals surface area (Å²) in [6, 6.07) is 7.50. The zero-order valence-electron chi connectivity index (χ0n) is 12.5. The molecule has 20 heavy (non-hydrogen) atoms. The Kier molecular flexibility index (Phi) is 8.22. The van der Waals surface area contributed by atoms with Crippen LogP contribution in [0.15, 0.2) is 24.3 Å². The second-order valence-electron chi connectivity index (χ2n) is 4.80. The first-order valence-electron chi connectivity index (χ1n) is 6.75. The van der Waals surface area contributed by atoms with Gasteiger partial charge in [0.25, 0.3) is 0 Å². The minimum Gasteiger partial charge on any atom is -0.491 e. The van der Waals surface area contributed by atoms with Gasteiger partial charge in [-0.2, -0.15) is 0 Å². The highest BCUT2D eigenvalue weighted by Crippen LogP contribution is 2.18. The van der Waals surface area contributed by atoms with Gasteiger partial charge in [0.1, 0.15) is 12.4 Å². The van der Waals surface area contributed by atoms with Crippen LogP contribution in [0.1, 0.15) is 11.7 Å². The molecule has 1 atom stereocenters. The first-order chi connectivity index (χ1) is 9.63. The number of rotatable bonds is 10. The molecule has 0 aliphatic heterocycles. The van der Waals surface area contributed by atoms with Gasteiger partial charge in [-0.25, -0.2) is 0 Å². The molecule has 0 saturated heterocycles. The average Bonchev–Trinajstić information content (AvgIpc) is 2.42. The molecular weight excluding hydrogens is 258 g/mol. The Morgan fingerprint density at radius 1 is 1.05 bits per heavy atom. The molecule has 0 aliphatic carbocycles. The largest absolute Gasteiger partial charge is 0.491 e. The first kappa shape index (κ1) is 16.9. The maximum atomic E-state index is 9.96. The second kappa shape index (κ2) is 9.72. The van der Waals surface area contributed by atoms with Crippen LogP contribution in [-0.4, -0.2) is 64.2 Å². The molecule has 0 saturated carbocycles. The number of nitrogens with zero attached hydrogens (tertiary/aromatic N) is 1. The Morgan fingerprint density at radius 2 is 1.70 bits per heavy atom. The molecule has 1 N–H and O–H groups in total. The summed E-state index contributed by atoms with van der Waals surface area (Å²) in [4.78, 5) is 1.95. The van der Waals surface area contributed by atoms with Gasteiger partial charge in [-0.3, -0.25) is 0 Å². The van der Waals surface area contributed by atoms with E-state index in [1.54, 1.807) is 7.11 Å². The number of hydrogen-bond acceptors (Lipinski definition) is 5. The molecule has 114 valence electrons. The number of hydrogen-bond donors (Lipinski definition) is 1. The Hall–Kier alpha value is -1.14. The molecular formula is C15H25NO4. The van der Waals surface area contributed by atoms with Crippen LogP contribution in [-0.2, 0) is 9.47 Å². The van der Waals surface area contributed by atoms with Crippen LogP contribution in [0, 0.1) is 0 Å². The molecule has 1 aromatic carbocycles. The van der Waals surface area contributed by atoms with Gasteiger partial charge >= 0.3 is 0 Å². The molecule has 1 rings (SSSR count). The fraction of sp³-hybridized carbons (Fsp3) is 0.600. The first-order valence-corrected chi connectivity index (χ1v) is 6.75. The lowest BCUT2D eigenvalue weighted by Gasteiger charge is -2.16. The number of methoxy groups -OCH3 is 1. The fourth-order valence-electron chi connectivity index (χ4n) is 1.70. The van der Waals surface area contributed by atoms with Crippen molar-refractivity contribution in [2.24, 2.45) is 0 Å². The molecule has 0 bridgehead atoms. The van der Waals surface area contributed by atoms with Gasteiger partial charge in [-0.05, 0) is 31.8 Å². The van der Waals surface area contributed by atoms with Crippen molar-refractivity contribution in [1.29, 1.82) is 0 Å². The van der Waals surface area contributed by atoms with Crippen molar-refractivity contribution in [3.63, 3.8) is 0 Å². The topological polar surface area (TPSA) is 51.2 Å². The van der Waals surface area contributed by atoms with Crippen molar-refractivity contribution < 1.29 is 19.3 Å². The predicted octanol–water partition coefficient (Wildman–Crippen LogP) is 1.32. The van der Waals surface area contributed by atoms with Crippen LogP contribution in [0.2, 0.25) is 0 Å². The van der Waals surface area contributed by atoms with Gasteiger partial charge in [0.15, 0.2) is 0 Å². The van der Waals surface area contributed by atoms with Gasteiger partial charge in [0, 0.05) is 13.7 Å². The molecule has 1 unspecified atom stereocenters. The van der Waals surface area contributed by atoms with Gasteiger partial charge in [0.2, 0.25) is 0 Å². The average molecular weight is 283 g/mol. The van der Waals surface area contributed by atoms with E-state index in [0.29, 0.717) is 33.0 Å². The van der Waals surface area contributed by atoms with Crippen LogP contribution < -0.4 is 4.74 Å². The van der Waals surface area contributed by atoms with Crippen molar-refractivity contribution in [2.45, 2.75) is 6.10 Å². The van der Waals surface area contributed by atoms with Crippen LogP contribution in [0.25, 0.3) is 0 Å². The third kappa shape index (κ3) is 6.86. The van der Waals surface area contributed by atoms with E-state index >= 15 is 0 Å². The molecule has 0 spiro atoms. The smallest absolute Gasteiger partial charge is 0.119 e. The Morgan fingerprint density at radius 3 is 2.30 bits per heavy atom. The minimum atomic E-state index is -0.476. The van der Waals surface area contributed by atoms with E-state index in [2.05, 4.69) is 0 Å². The summed E-state index contributed by atoms with van der Waals surface area (Å²) in [5.74, 6) is 0.779. The van der Waals surface area contributed by atoms with Crippen LogP contribution in [0.5, 0.6) is 5.75 Å². The summed E-state index contributed by atoms with van der Waals surface area (Å²) < 4.78 is 15.7. The highest BCUT2D eigenvalue weighted by Gasteiger charge is 2.08. The van der Waals surface area contributed by atoms with Crippen LogP contribution in [0.3, 0.4) is 0 Å². The summed E-state index contributed by atoms with van der Waals surface area (Å²) in [5, 5.41) is 9.96. The lowest BCUT2D eigenvalue weighted by molar-refractivity contribution is 0.0544. The van der Waals surface area contributed by atoms with E-state index in [4.69, 9.17) is 14.2 Å². The molecule has 5 nitrogen and oxygen atoms in total. The van der Waals surface area contributed by atoms with Gasteiger partial charge < -0.3 is 24.2 Å². The van der Waals surface area contributed by atoms with Gasteiger partial charge in [-0.15, -0.1) is 0 Å². The lowest BCUT2D eigenvalue weighted by atomic mass is 10.1. The van der Waals surface area contributed by atoms with Crippen molar-refractivity contribution in [1.82, 2.24) is 4.90 Å². The molecule has 0 aliphatic rings. The number of aliphatic hydroxyl groups is 1. The summed E-state index contributed by atoms with van der Waals surface area (Å²) in [6.07, 6.45) is -0.476. The van der Waals surface area contributed by atoms with Gasteiger partial charge in [-0.1, -0.05) is 12.1 Å². The number of benzene rings is 1. The maximum Gasteiger partial charge on any atom is 0.119 e. The number of aliphatic hydroxyl groups excluding tert-OH is 1. The molecule has 1 aromatic rings. The van der Waals surface area contributed by atoms with Crippen molar-refractivity contribution in [2.75, 3.05) is 54.2 Å². The van der Waals surface area contributed by atoms with Crippen molar-refractivity contribution in [3.8, 4) is 5.75 Å². The third-order valence-electron chi connectivity index (χ3n) is 2.73. The van der Waals surface area contributed by atoms with Gasteiger partial charge in [0.05, 0.1) is 25.9 Å². The summed E-state index contributed by atoms with van der Waals surface area (Å²) >= 11 is 0. The predicted molar refractivity (Wildman–Crippen MR) is 78.1 cm³/mol. The normalized spacial score (nSPS) is 12.7. The zero-order valence-corrected chi connectivity index (χ0v) is 12.5. The van der Waals surface area contributed by atoms with E-state index in [9.17, 15) is 5.11 Å². The standard InChI is InChI=1S/C15H25NO4/c1-16(2)12-15(17)13-4-6-14(7-5-13)20-11-10-19-9-8-18-3/h4-7,15,17H,8-12H2,1-3H3. The third-order valence-corrected chi connectivity index (χ3v) is 2.73. The quantitative estimate of drug-likeness (QED) is 0.656. The second-order valence-corrected chi connectivity index (χ2v) is 4.80. The molecule has 0 fully saturated rings. The van der Waals surface area contributed by atoms with E-state index in [1.165, 1.54) is 0 Å². The molecule has 0 heterocycles. The Labute approximate surface area is 121 Å². The zero-order chi connectivity index (χ0) is 14.8. The van der Waals surface area contributed by atoms with E-state index in [1.807, 2.05) is 43.3 Å². The highest BCUT2D eigenvalue weighted by molar-refractivity contribution is 5.28. The van der Waals surface area contributed by atoms with E-state index in [0.717, 1.165) is 11.3 Å². The Bertz CT molecular complexity index is 353. The summed E-state index contributed by atoms with van der Waals surface area (Å²) in [5.41, 5.74) is 0.891. The van der Waals surface area contributed by atoms with E-state index < -0.39 is 6.10 Å². The highest BCUT2D eigenvalue weighted by atomic mass is 16.5. The van der Waals surface area contributed by atoms with E-state index in [-0.39, 0.29) is 0 Å². The fourth-order valence-corrected chi connectivity index (χ4v) is 1.70. The summed E-state index contributed by atoms with van der Waals surface area (Å²) in [7, 11) is 5.51. The monoisotopic (exact) mass is 283 g/mol. The number of ether oxygens (including phenoxy) is 3. The molecule has 0 amide bonds. The minimum absolute atomic E-state index is 0.476. The van der Waals surface area contributed by atoms with Crippen molar-refractivity contribution >= 4 is 0 Å².